The first kappa shape index (κ1) is 23.3. The number of carbonyl (C=O) groups excluding carboxylic acids is 1. The van der Waals surface area contributed by atoms with E-state index in [-0.39, 0.29) is 0 Å². The molecule has 0 unspecified atom stereocenters. The quantitative estimate of drug-likeness (QED) is 0.554. The van der Waals surface area contributed by atoms with Gasteiger partial charge in [-0.3, -0.25) is 4.79 Å². The van der Waals surface area contributed by atoms with E-state index in [1.165, 1.54) is 29.5 Å². The van der Waals surface area contributed by atoms with E-state index in [1.807, 2.05) is 6.07 Å². The van der Waals surface area contributed by atoms with Gasteiger partial charge in [0.15, 0.2) is 0 Å². The van der Waals surface area contributed by atoms with Crippen LogP contribution in [0.4, 0.5) is 0 Å². The van der Waals surface area contributed by atoms with Gasteiger partial charge >= 0.3 is 0 Å². The van der Waals surface area contributed by atoms with Gasteiger partial charge in [0.25, 0.3) is 0 Å². The van der Waals surface area contributed by atoms with Crippen LogP contribution in [0.15, 0.2) is 48.5 Å². The first-order valence-corrected chi connectivity index (χ1v) is 11.8. The molecule has 1 heterocycles. The molecule has 2 aromatic rings. The number of nitrogens with zero attached hydrogens (tertiary/aromatic N) is 2. The third kappa shape index (κ3) is 7.10. The summed E-state index contributed by atoms with van der Waals surface area (Å²) < 4.78 is 5.35. The van der Waals surface area contributed by atoms with Crippen molar-refractivity contribution in [2.24, 2.45) is 5.92 Å². The zero-order chi connectivity index (χ0) is 22.1. The predicted octanol–water partition coefficient (Wildman–Crippen LogP) is 4.74. The van der Waals surface area contributed by atoms with Gasteiger partial charge in [-0.2, -0.15) is 0 Å². The average molecular weight is 423 g/mol. The van der Waals surface area contributed by atoms with Gasteiger partial charge in [0.1, 0.15) is 5.75 Å². The number of likely N-dealkylation sites (tertiary alicyclic amines) is 1. The summed E-state index contributed by atoms with van der Waals surface area (Å²) in [6.07, 6.45) is 4.91. The SMILES string of the molecule is CCN(C[C@H]1CCCN(CCc2cccc(OC)c2)C1)C(=O)CCc1ccccc1C. The Kier molecular flexibility index (Phi) is 8.96. The van der Waals surface area contributed by atoms with Crippen molar-refractivity contribution >= 4 is 5.91 Å². The largest absolute Gasteiger partial charge is 0.497 e. The Bertz CT molecular complexity index is 835. The van der Waals surface area contributed by atoms with E-state index in [0.29, 0.717) is 18.2 Å². The minimum Gasteiger partial charge on any atom is -0.497 e. The molecular formula is C27H38N2O2. The number of aryl methyl sites for hydroxylation is 2. The molecule has 3 rings (SSSR count). The molecule has 1 saturated heterocycles. The van der Waals surface area contributed by atoms with Crippen LogP contribution >= 0.6 is 0 Å². The fourth-order valence-corrected chi connectivity index (χ4v) is 4.63. The Balaban J connectivity index is 1.47. The van der Waals surface area contributed by atoms with Crippen molar-refractivity contribution in [2.75, 3.05) is 39.8 Å². The average Bonchev–Trinajstić information content (AvgIpc) is 2.81. The van der Waals surface area contributed by atoms with Gasteiger partial charge in [-0.1, -0.05) is 36.4 Å². The van der Waals surface area contributed by atoms with Crippen LogP contribution in [0.3, 0.4) is 0 Å². The molecule has 0 aliphatic carbocycles. The van der Waals surface area contributed by atoms with E-state index in [2.05, 4.69) is 66.1 Å². The molecule has 1 amide bonds. The molecule has 0 N–H and O–H groups in total. The van der Waals surface area contributed by atoms with E-state index in [0.717, 1.165) is 51.3 Å². The van der Waals surface area contributed by atoms with Crippen molar-refractivity contribution in [3.63, 3.8) is 0 Å². The monoisotopic (exact) mass is 422 g/mol. The molecule has 2 aromatic carbocycles. The summed E-state index contributed by atoms with van der Waals surface area (Å²) in [5.74, 6) is 1.79. The number of hydrogen-bond acceptors (Lipinski definition) is 3. The van der Waals surface area contributed by atoms with E-state index in [1.54, 1.807) is 7.11 Å². The molecule has 0 aromatic heterocycles. The third-order valence-electron chi connectivity index (χ3n) is 6.54. The van der Waals surface area contributed by atoms with Crippen LogP contribution in [0.5, 0.6) is 5.75 Å². The lowest BCUT2D eigenvalue weighted by Gasteiger charge is -2.35. The maximum absolute atomic E-state index is 12.9. The number of carbonyl (C=O) groups is 1. The fraction of sp³-hybridized carbons (Fsp3) is 0.519. The van der Waals surface area contributed by atoms with Crippen LogP contribution in [0.1, 0.15) is 42.9 Å². The van der Waals surface area contributed by atoms with E-state index in [9.17, 15) is 4.79 Å². The zero-order valence-electron chi connectivity index (χ0n) is 19.5. The van der Waals surface area contributed by atoms with Gasteiger partial charge < -0.3 is 14.5 Å². The lowest BCUT2D eigenvalue weighted by Crippen LogP contribution is -2.43. The van der Waals surface area contributed by atoms with E-state index in [4.69, 9.17) is 4.74 Å². The van der Waals surface area contributed by atoms with Gasteiger partial charge in [-0.15, -0.1) is 0 Å². The predicted molar refractivity (Wildman–Crippen MR) is 128 cm³/mol. The Hall–Kier alpha value is -2.33. The highest BCUT2D eigenvalue weighted by Gasteiger charge is 2.23. The number of amides is 1. The Morgan fingerprint density at radius 1 is 1.16 bits per heavy atom. The van der Waals surface area contributed by atoms with Crippen molar-refractivity contribution < 1.29 is 9.53 Å². The molecule has 1 aliphatic heterocycles. The van der Waals surface area contributed by atoms with Gasteiger partial charge in [-0.05, 0) is 80.8 Å². The normalized spacial score (nSPS) is 16.8. The molecule has 31 heavy (non-hydrogen) atoms. The zero-order valence-corrected chi connectivity index (χ0v) is 19.5. The molecule has 0 radical (unpaired) electrons. The van der Waals surface area contributed by atoms with Crippen molar-refractivity contribution in [2.45, 2.75) is 46.0 Å². The smallest absolute Gasteiger partial charge is 0.222 e. The van der Waals surface area contributed by atoms with Crippen LogP contribution < -0.4 is 4.74 Å². The Morgan fingerprint density at radius 2 is 2.00 bits per heavy atom. The number of methoxy groups -OCH3 is 1. The highest BCUT2D eigenvalue weighted by molar-refractivity contribution is 5.76. The maximum atomic E-state index is 12.9. The first-order chi connectivity index (χ1) is 15.1. The molecule has 1 fully saturated rings. The second kappa shape index (κ2) is 11.9. The standard InChI is InChI=1S/C27H38N2O2/c1-4-29(27(30)15-14-25-12-6-5-9-22(25)2)21-24-11-8-17-28(20-24)18-16-23-10-7-13-26(19-23)31-3/h5-7,9-10,12-13,19,24H,4,8,11,14-18,20-21H2,1-3H3/t24-/m0/s1. The summed E-state index contributed by atoms with van der Waals surface area (Å²) in [4.78, 5) is 17.5. The number of rotatable bonds is 10. The summed E-state index contributed by atoms with van der Waals surface area (Å²) in [5.41, 5.74) is 3.88. The molecule has 4 nitrogen and oxygen atoms in total. The van der Waals surface area contributed by atoms with Crippen LogP contribution in [-0.2, 0) is 17.6 Å². The lowest BCUT2D eigenvalue weighted by molar-refractivity contribution is -0.131. The molecule has 4 heteroatoms. The summed E-state index contributed by atoms with van der Waals surface area (Å²) in [6.45, 7) is 9.23. The molecular weight excluding hydrogens is 384 g/mol. The van der Waals surface area contributed by atoms with Crippen molar-refractivity contribution in [3.8, 4) is 5.75 Å². The first-order valence-electron chi connectivity index (χ1n) is 11.8. The summed E-state index contributed by atoms with van der Waals surface area (Å²) >= 11 is 0. The topological polar surface area (TPSA) is 32.8 Å². The summed E-state index contributed by atoms with van der Waals surface area (Å²) in [5, 5.41) is 0. The fourth-order valence-electron chi connectivity index (χ4n) is 4.63. The second-order valence-electron chi connectivity index (χ2n) is 8.77. The van der Waals surface area contributed by atoms with Gasteiger partial charge in [0.05, 0.1) is 7.11 Å². The Morgan fingerprint density at radius 3 is 2.77 bits per heavy atom. The minimum atomic E-state index is 0.291. The highest BCUT2D eigenvalue weighted by Crippen LogP contribution is 2.20. The van der Waals surface area contributed by atoms with Gasteiger partial charge in [0.2, 0.25) is 5.91 Å². The van der Waals surface area contributed by atoms with E-state index >= 15 is 0 Å². The van der Waals surface area contributed by atoms with Crippen molar-refractivity contribution in [3.05, 3.63) is 65.2 Å². The number of piperidine rings is 1. The van der Waals surface area contributed by atoms with Crippen LogP contribution in [0.25, 0.3) is 0 Å². The highest BCUT2D eigenvalue weighted by atomic mass is 16.5. The number of hydrogen-bond donors (Lipinski definition) is 0. The lowest BCUT2D eigenvalue weighted by atomic mass is 9.96. The summed E-state index contributed by atoms with van der Waals surface area (Å²) in [6, 6.07) is 16.8. The third-order valence-corrected chi connectivity index (χ3v) is 6.54. The Labute approximate surface area is 188 Å². The van der Waals surface area contributed by atoms with Gasteiger partial charge in [-0.25, -0.2) is 0 Å². The van der Waals surface area contributed by atoms with Crippen LogP contribution in [0, 0.1) is 12.8 Å². The second-order valence-corrected chi connectivity index (χ2v) is 8.77. The van der Waals surface area contributed by atoms with E-state index < -0.39 is 0 Å². The van der Waals surface area contributed by atoms with Crippen LogP contribution in [-0.4, -0.2) is 55.5 Å². The molecule has 0 spiro atoms. The molecule has 0 saturated carbocycles. The van der Waals surface area contributed by atoms with Crippen LogP contribution in [0.2, 0.25) is 0 Å². The minimum absolute atomic E-state index is 0.291. The number of benzene rings is 2. The molecule has 1 atom stereocenters. The summed E-state index contributed by atoms with van der Waals surface area (Å²) in [7, 11) is 1.72. The van der Waals surface area contributed by atoms with Crippen molar-refractivity contribution in [1.82, 2.24) is 9.80 Å². The number of ether oxygens (including phenoxy) is 1. The molecule has 1 aliphatic rings. The molecule has 0 bridgehead atoms. The van der Waals surface area contributed by atoms with Crippen molar-refractivity contribution in [1.29, 1.82) is 0 Å². The maximum Gasteiger partial charge on any atom is 0.222 e. The molecule has 168 valence electrons. The van der Waals surface area contributed by atoms with Gasteiger partial charge in [0, 0.05) is 32.6 Å².